The molecule has 1 aromatic carbocycles. The molecule has 2 atom stereocenters. The zero-order valence-corrected chi connectivity index (χ0v) is 11.6. The second-order valence-corrected chi connectivity index (χ2v) is 6.24. The van der Waals surface area contributed by atoms with E-state index in [1.807, 2.05) is 30.8 Å². The molecule has 0 saturated carbocycles. The fraction of sp³-hybridized carbons (Fsp3) is 0.400. The van der Waals surface area contributed by atoms with Crippen LogP contribution in [0.4, 0.5) is 0 Å². The summed E-state index contributed by atoms with van der Waals surface area (Å²) in [4.78, 5) is 12.1. The Morgan fingerprint density at radius 2 is 2.17 bits per heavy atom. The van der Waals surface area contributed by atoms with E-state index in [1.54, 1.807) is 18.2 Å². The van der Waals surface area contributed by atoms with Crippen LogP contribution in [-0.2, 0) is 4.74 Å². The molecule has 2 nitrogen and oxygen atoms in total. The van der Waals surface area contributed by atoms with E-state index in [-0.39, 0.29) is 11.6 Å². The van der Waals surface area contributed by atoms with Crippen molar-refractivity contribution in [2.75, 3.05) is 5.75 Å². The quantitative estimate of drug-likeness (QED) is 0.776. The van der Waals surface area contributed by atoms with E-state index >= 15 is 0 Å². The summed E-state index contributed by atoms with van der Waals surface area (Å²) >= 11 is 1.86. The summed E-state index contributed by atoms with van der Waals surface area (Å²) in [7, 11) is 0. The Balaban J connectivity index is 2.09. The summed E-state index contributed by atoms with van der Waals surface area (Å²) in [6, 6.07) is 7.32. The summed E-state index contributed by atoms with van der Waals surface area (Å²) < 4.78 is 5.69. The number of esters is 1. The molecule has 0 spiro atoms. The van der Waals surface area contributed by atoms with Gasteiger partial charge in [-0.15, -0.1) is 0 Å². The van der Waals surface area contributed by atoms with Crippen molar-refractivity contribution in [3.63, 3.8) is 0 Å². The van der Waals surface area contributed by atoms with Gasteiger partial charge in [-0.05, 0) is 43.7 Å². The van der Waals surface area contributed by atoms with Gasteiger partial charge in [0, 0.05) is 5.25 Å². The third kappa shape index (κ3) is 2.61. The van der Waals surface area contributed by atoms with Crippen LogP contribution in [0.15, 0.2) is 30.8 Å². The molecule has 0 bridgehead atoms. The van der Waals surface area contributed by atoms with Crippen LogP contribution < -0.4 is 0 Å². The molecule has 0 aromatic heterocycles. The van der Waals surface area contributed by atoms with Crippen molar-refractivity contribution in [1.29, 1.82) is 0 Å². The second kappa shape index (κ2) is 5.19. The zero-order valence-electron chi connectivity index (χ0n) is 10.8. The van der Waals surface area contributed by atoms with Crippen molar-refractivity contribution in [3.05, 3.63) is 42.0 Å². The molecule has 1 heterocycles. The highest BCUT2D eigenvalue weighted by molar-refractivity contribution is 8.00. The van der Waals surface area contributed by atoms with Gasteiger partial charge in [-0.3, -0.25) is 0 Å². The van der Waals surface area contributed by atoms with E-state index in [4.69, 9.17) is 4.74 Å². The van der Waals surface area contributed by atoms with Gasteiger partial charge in [0.05, 0.1) is 5.56 Å². The highest BCUT2D eigenvalue weighted by Crippen LogP contribution is 2.38. The molecule has 1 aliphatic rings. The van der Waals surface area contributed by atoms with Crippen LogP contribution in [0.2, 0.25) is 0 Å². The number of thioether (sulfide) groups is 1. The summed E-state index contributed by atoms with van der Waals surface area (Å²) in [5, 5.41) is 0.355. The van der Waals surface area contributed by atoms with E-state index in [0.717, 1.165) is 17.7 Å². The lowest BCUT2D eigenvalue weighted by molar-refractivity contribution is -0.00672. The molecular formula is C15H18O2S. The van der Waals surface area contributed by atoms with Crippen LogP contribution in [0.5, 0.6) is 0 Å². The van der Waals surface area contributed by atoms with E-state index in [0.29, 0.717) is 10.8 Å². The first-order valence-electron chi connectivity index (χ1n) is 6.12. The minimum Gasteiger partial charge on any atom is -0.455 e. The summed E-state index contributed by atoms with van der Waals surface area (Å²) in [5.41, 5.74) is 1.27. The average molecular weight is 262 g/mol. The van der Waals surface area contributed by atoms with Crippen LogP contribution in [0.1, 0.15) is 36.2 Å². The maximum atomic E-state index is 12.1. The Morgan fingerprint density at radius 3 is 2.67 bits per heavy atom. The predicted molar refractivity (Wildman–Crippen MR) is 76.9 cm³/mol. The minimum atomic E-state index is -0.334. The zero-order chi connectivity index (χ0) is 13.2. The normalized spacial score (nSPS) is 26.9. The van der Waals surface area contributed by atoms with E-state index in [1.165, 1.54) is 0 Å². The van der Waals surface area contributed by atoms with Crippen molar-refractivity contribution in [3.8, 4) is 0 Å². The summed E-state index contributed by atoms with van der Waals surface area (Å²) in [6.07, 6.45) is 2.68. The van der Waals surface area contributed by atoms with Crippen molar-refractivity contribution >= 4 is 23.8 Å². The molecule has 0 amide bonds. The lowest BCUT2D eigenvalue weighted by Gasteiger charge is -2.28. The molecular weight excluding hydrogens is 244 g/mol. The molecule has 1 aliphatic heterocycles. The van der Waals surface area contributed by atoms with Crippen molar-refractivity contribution in [2.24, 2.45) is 0 Å². The van der Waals surface area contributed by atoms with Crippen LogP contribution in [0.3, 0.4) is 0 Å². The van der Waals surface area contributed by atoms with Crippen LogP contribution in [-0.4, -0.2) is 22.6 Å². The maximum absolute atomic E-state index is 12.1. The summed E-state index contributed by atoms with van der Waals surface area (Å²) in [6.45, 7) is 7.83. The predicted octanol–water partition coefficient (Wildman–Crippen LogP) is 3.77. The molecule has 2 rings (SSSR count). The lowest BCUT2D eigenvalue weighted by Crippen LogP contribution is -2.36. The van der Waals surface area contributed by atoms with Gasteiger partial charge in [-0.1, -0.05) is 24.8 Å². The molecule has 2 unspecified atom stereocenters. The molecule has 0 N–H and O–H groups in total. The number of carbonyl (C=O) groups is 1. The molecule has 96 valence electrons. The number of ether oxygens (including phenoxy) is 1. The van der Waals surface area contributed by atoms with Gasteiger partial charge in [0.1, 0.15) is 5.60 Å². The van der Waals surface area contributed by atoms with Crippen molar-refractivity contribution < 1.29 is 9.53 Å². The molecule has 1 saturated heterocycles. The first-order valence-corrected chi connectivity index (χ1v) is 7.17. The van der Waals surface area contributed by atoms with Gasteiger partial charge in [-0.2, -0.15) is 11.8 Å². The monoisotopic (exact) mass is 262 g/mol. The van der Waals surface area contributed by atoms with Gasteiger partial charge in [0.25, 0.3) is 0 Å². The van der Waals surface area contributed by atoms with Crippen LogP contribution >= 0.6 is 11.8 Å². The Hall–Kier alpha value is -1.22. The number of carbonyl (C=O) groups excluding carboxylic acids is 1. The topological polar surface area (TPSA) is 26.3 Å². The summed E-state index contributed by atoms with van der Waals surface area (Å²) in [5.74, 6) is 0.822. The van der Waals surface area contributed by atoms with Crippen molar-refractivity contribution in [2.45, 2.75) is 31.1 Å². The number of hydrogen-bond acceptors (Lipinski definition) is 3. The fourth-order valence-electron chi connectivity index (χ4n) is 1.98. The second-order valence-electron chi connectivity index (χ2n) is 4.79. The Morgan fingerprint density at radius 1 is 1.50 bits per heavy atom. The molecule has 0 aliphatic carbocycles. The number of rotatable bonds is 3. The van der Waals surface area contributed by atoms with Gasteiger partial charge < -0.3 is 4.74 Å². The molecule has 18 heavy (non-hydrogen) atoms. The standard InChI is InChI=1S/C15H18O2S/c1-4-12-5-7-13(8-6-12)14(16)17-15(3)9-10-18-11(15)2/h4-8,11H,1,9-10H2,2-3H3. The van der Waals surface area contributed by atoms with E-state index < -0.39 is 0 Å². The highest BCUT2D eigenvalue weighted by Gasteiger charge is 2.40. The van der Waals surface area contributed by atoms with Crippen molar-refractivity contribution in [1.82, 2.24) is 0 Å². The fourth-order valence-corrected chi connectivity index (χ4v) is 3.37. The SMILES string of the molecule is C=Cc1ccc(C(=O)OC2(C)CCSC2C)cc1. The van der Waals surface area contributed by atoms with Gasteiger partial charge in [-0.25, -0.2) is 4.79 Å². The molecule has 1 fully saturated rings. The van der Waals surface area contributed by atoms with Gasteiger partial charge in [0.2, 0.25) is 0 Å². The van der Waals surface area contributed by atoms with E-state index in [9.17, 15) is 4.79 Å². The lowest BCUT2D eigenvalue weighted by atomic mass is 10.00. The first kappa shape index (κ1) is 13.2. The third-order valence-corrected chi connectivity index (χ3v) is 4.97. The Kier molecular flexibility index (Phi) is 3.81. The molecule has 0 radical (unpaired) electrons. The molecule has 3 heteroatoms. The van der Waals surface area contributed by atoms with Gasteiger partial charge >= 0.3 is 5.97 Å². The first-order chi connectivity index (χ1) is 8.55. The number of hydrogen-bond donors (Lipinski definition) is 0. The Bertz CT molecular complexity index is 452. The Labute approximate surface area is 112 Å². The largest absolute Gasteiger partial charge is 0.455 e. The highest BCUT2D eigenvalue weighted by atomic mass is 32.2. The average Bonchev–Trinajstić information content (AvgIpc) is 2.69. The smallest absolute Gasteiger partial charge is 0.338 e. The molecule has 1 aromatic rings. The third-order valence-electron chi connectivity index (χ3n) is 3.53. The van der Waals surface area contributed by atoms with Gasteiger partial charge in [0.15, 0.2) is 0 Å². The minimum absolute atomic E-state index is 0.234. The van der Waals surface area contributed by atoms with E-state index in [2.05, 4.69) is 13.5 Å². The number of benzene rings is 1. The van der Waals surface area contributed by atoms with Crippen LogP contribution in [0, 0.1) is 0 Å². The maximum Gasteiger partial charge on any atom is 0.338 e. The van der Waals surface area contributed by atoms with Crippen LogP contribution in [0.25, 0.3) is 6.08 Å².